The molecule has 1 aliphatic heterocycles. The molecule has 0 unspecified atom stereocenters. The number of pyridine rings is 1. The Kier molecular flexibility index (Phi) is 6.95. The van der Waals surface area contributed by atoms with Crippen molar-refractivity contribution in [2.24, 2.45) is 0 Å². The predicted octanol–water partition coefficient (Wildman–Crippen LogP) is 3.91. The van der Waals surface area contributed by atoms with Crippen molar-refractivity contribution in [3.05, 3.63) is 56.4 Å². The fourth-order valence-electron chi connectivity index (χ4n) is 3.78. The molecule has 2 aromatic heterocycles. The van der Waals surface area contributed by atoms with Gasteiger partial charge < -0.3 is 14.6 Å². The van der Waals surface area contributed by atoms with Crippen molar-refractivity contribution < 1.29 is 4.74 Å². The van der Waals surface area contributed by atoms with E-state index in [2.05, 4.69) is 24.8 Å². The van der Waals surface area contributed by atoms with E-state index in [0.717, 1.165) is 62.3 Å². The summed E-state index contributed by atoms with van der Waals surface area (Å²) in [5.41, 5.74) is 2.12. The van der Waals surface area contributed by atoms with Gasteiger partial charge in [-0.05, 0) is 44.5 Å². The Hall–Kier alpha value is -2.35. The minimum atomic E-state index is -0.186. The number of aromatic nitrogens is 3. The molecule has 3 aromatic rings. The number of ether oxygens (including phenoxy) is 1. The highest BCUT2D eigenvalue weighted by Gasteiger charge is 2.19. The Morgan fingerprint density at radius 2 is 1.87 bits per heavy atom. The van der Waals surface area contributed by atoms with E-state index in [0.29, 0.717) is 28.3 Å². The van der Waals surface area contributed by atoms with Crippen LogP contribution < -0.4 is 15.2 Å². The molecule has 0 spiro atoms. The fourth-order valence-corrected chi connectivity index (χ4v) is 4.20. The Morgan fingerprint density at radius 1 is 1.06 bits per heavy atom. The molecule has 4 rings (SSSR count). The monoisotopic (exact) mass is 461 g/mol. The van der Waals surface area contributed by atoms with E-state index in [1.54, 1.807) is 6.07 Å². The Morgan fingerprint density at radius 3 is 2.68 bits per heavy atom. The van der Waals surface area contributed by atoms with Crippen molar-refractivity contribution in [1.29, 1.82) is 0 Å². The van der Waals surface area contributed by atoms with Gasteiger partial charge >= 0.3 is 6.01 Å². The maximum Gasteiger partial charge on any atom is 0.318 e. The molecule has 0 bridgehead atoms. The van der Waals surface area contributed by atoms with Crippen molar-refractivity contribution in [3.8, 4) is 6.01 Å². The summed E-state index contributed by atoms with van der Waals surface area (Å²) in [6.07, 6.45) is 1.94. The molecule has 1 fully saturated rings. The number of aromatic amines is 1. The Balaban J connectivity index is 1.20. The highest BCUT2D eigenvalue weighted by atomic mass is 35.5. The number of nitrogens with zero attached hydrogens (tertiary/aromatic N) is 4. The molecule has 1 N–H and O–H groups in total. The largest absolute Gasteiger partial charge is 0.463 e. The quantitative estimate of drug-likeness (QED) is 0.537. The first kappa shape index (κ1) is 21.9. The van der Waals surface area contributed by atoms with Gasteiger partial charge in [-0.3, -0.25) is 9.69 Å². The topological polar surface area (TPSA) is 74.3 Å². The predicted molar refractivity (Wildman–Crippen MR) is 125 cm³/mol. The first-order valence-corrected chi connectivity index (χ1v) is 11.2. The van der Waals surface area contributed by atoms with E-state index < -0.39 is 0 Å². The van der Waals surface area contributed by atoms with Crippen LogP contribution in [-0.2, 0) is 0 Å². The van der Waals surface area contributed by atoms with Crippen LogP contribution >= 0.6 is 23.2 Å². The van der Waals surface area contributed by atoms with Crippen molar-refractivity contribution in [3.63, 3.8) is 0 Å². The van der Waals surface area contributed by atoms with Crippen LogP contribution in [0.15, 0.2) is 35.1 Å². The molecule has 1 aromatic carbocycles. The highest BCUT2D eigenvalue weighted by Crippen LogP contribution is 2.32. The van der Waals surface area contributed by atoms with Crippen LogP contribution in [0.25, 0.3) is 11.0 Å². The minimum Gasteiger partial charge on any atom is -0.463 e. The molecule has 0 amide bonds. The van der Waals surface area contributed by atoms with Crippen LogP contribution in [0.5, 0.6) is 6.01 Å². The minimum absolute atomic E-state index is 0.186. The third-order valence-electron chi connectivity index (χ3n) is 5.50. The second-order valence-corrected chi connectivity index (χ2v) is 8.42. The molecule has 9 heteroatoms. The van der Waals surface area contributed by atoms with Crippen molar-refractivity contribution >= 4 is 39.9 Å². The molecule has 3 heterocycles. The lowest BCUT2D eigenvalue weighted by Gasteiger charge is -2.36. The molecule has 164 valence electrons. The highest BCUT2D eigenvalue weighted by molar-refractivity contribution is 6.43. The Bertz CT molecular complexity index is 1110. The van der Waals surface area contributed by atoms with Gasteiger partial charge in [-0.1, -0.05) is 29.3 Å². The van der Waals surface area contributed by atoms with Crippen LogP contribution in [0.3, 0.4) is 0 Å². The molecule has 0 saturated carbocycles. The average molecular weight is 462 g/mol. The number of rotatable bonds is 7. The molecule has 0 aliphatic carbocycles. The number of piperazine rings is 1. The lowest BCUT2D eigenvalue weighted by atomic mass is 10.2. The van der Waals surface area contributed by atoms with E-state index in [1.165, 1.54) is 6.07 Å². The van der Waals surface area contributed by atoms with Crippen molar-refractivity contribution in [2.75, 3.05) is 44.2 Å². The van der Waals surface area contributed by atoms with Gasteiger partial charge in [0.2, 0.25) is 5.56 Å². The zero-order valence-corrected chi connectivity index (χ0v) is 18.9. The smallest absolute Gasteiger partial charge is 0.318 e. The van der Waals surface area contributed by atoms with Crippen LogP contribution in [-0.4, -0.2) is 59.2 Å². The number of nitrogens with one attached hydrogen (secondary N) is 1. The standard InChI is InChI=1S/C22H25Cl2N5O2/c1-15-16-7-8-19(30)26-21(16)27-22(25-15)31-14-3-2-9-28-10-12-29(13-11-28)18-6-4-5-17(23)20(18)24/h4-8H,2-3,9-14H2,1H3,(H,25,26,27,30). The number of benzene rings is 1. The van der Waals surface area contributed by atoms with E-state index in [-0.39, 0.29) is 5.56 Å². The normalized spacial score (nSPS) is 14.9. The zero-order chi connectivity index (χ0) is 21.8. The number of halogens is 2. The van der Waals surface area contributed by atoms with Crippen LogP contribution in [0.4, 0.5) is 5.69 Å². The van der Waals surface area contributed by atoms with Gasteiger partial charge in [0.1, 0.15) is 5.65 Å². The summed E-state index contributed by atoms with van der Waals surface area (Å²) in [6, 6.07) is 9.28. The van der Waals surface area contributed by atoms with E-state index in [9.17, 15) is 4.79 Å². The number of unbranched alkanes of at least 4 members (excludes halogenated alkanes) is 1. The van der Waals surface area contributed by atoms with Gasteiger partial charge in [-0.2, -0.15) is 9.97 Å². The number of hydrogen-bond acceptors (Lipinski definition) is 6. The average Bonchev–Trinajstić information content (AvgIpc) is 2.76. The molecule has 0 atom stereocenters. The second-order valence-electron chi connectivity index (χ2n) is 7.63. The fraction of sp³-hybridized carbons (Fsp3) is 0.409. The molecular weight excluding hydrogens is 437 g/mol. The number of H-pyrrole nitrogens is 1. The van der Waals surface area contributed by atoms with Crippen LogP contribution in [0, 0.1) is 6.92 Å². The summed E-state index contributed by atoms with van der Waals surface area (Å²) >= 11 is 12.5. The molecule has 1 aliphatic rings. The van der Waals surface area contributed by atoms with Crippen LogP contribution in [0.2, 0.25) is 10.0 Å². The molecule has 31 heavy (non-hydrogen) atoms. The second kappa shape index (κ2) is 9.85. The third-order valence-corrected chi connectivity index (χ3v) is 6.31. The van der Waals surface area contributed by atoms with Crippen LogP contribution in [0.1, 0.15) is 18.5 Å². The lowest BCUT2D eigenvalue weighted by molar-refractivity contribution is 0.234. The number of fused-ring (bicyclic) bond motifs is 1. The molecule has 7 nitrogen and oxygen atoms in total. The third kappa shape index (κ3) is 5.29. The van der Waals surface area contributed by atoms with Crippen molar-refractivity contribution in [1.82, 2.24) is 19.9 Å². The summed E-state index contributed by atoms with van der Waals surface area (Å²) in [6.45, 7) is 7.28. The summed E-state index contributed by atoms with van der Waals surface area (Å²) in [7, 11) is 0. The number of hydrogen-bond donors (Lipinski definition) is 1. The van der Waals surface area contributed by atoms with E-state index >= 15 is 0 Å². The van der Waals surface area contributed by atoms with Gasteiger partial charge in [0.15, 0.2) is 0 Å². The first-order chi connectivity index (χ1) is 15.0. The number of anilines is 1. The number of aryl methyl sites for hydroxylation is 1. The summed E-state index contributed by atoms with van der Waals surface area (Å²) in [5.74, 6) is 0. The SMILES string of the molecule is Cc1nc(OCCCCN2CCN(c3cccc(Cl)c3Cl)CC2)nc2[nH]c(=O)ccc12. The maximum atomic E-state index is 11.5. The summed E-state index contributed by atoms with van der Waals surface area (Å²) in [5, 5.41) is 2.05. The van der Waals surface area contributed by atoms with Gasteiger partial charge in [0.05, 0.1) is 28.0 Å². The van der Waals surface area contributed by atoms with Gasteiger partial charge in [0.25, 0.3) is 0 Å². The van der Waals surface area contributed by atoms with Gasteiger partial charge in [-0.25, -0.2) is 0 Å². The van der Waals surface area contributed by atoms with Crippen molar-refractivity contribution in [2.45, 2.75) is 19.8 Å². The van der Waals surface area contributed by atoms with Gasteiger partial charge in [0, 0.05) is 37.6 Å². The molecular formula is C22H25Cl2N5O2. The Labute approximate surface area is 191 Å². The first-order valence-electron chi connectivity index (χ1n) is 10.4. The maximum absolute atomic E-state index is 11.5. The molecule has 1 saturated heterocycles. The van der Waals surface area contributed by atoms with E-state index in [1.807, 2.05) is 25.1 Å². The van der Waals surface area contributed by atoms with E-state index in [4.69, 9.17) is 27.9 Å². The zero-order valence-electron chi connectivity index (χ0n) is 17.4. The summed E-state index contributed by atoms with van der Waals surface area (Å²) < 4.78 is 5.73. The molecule has 0 radical (unpaired) electrons. The summed E-state index contributed by atoms with van der Waals surface area (Å²) in [4.78, 5) is 27.7. The van der Waals surface area contributed by atoms with Gasteiger partial charge in [-0.15, -0.1) is 0 Å². The lowest BCUT2D eigenvalue weighted by Crippen LogP contribution is -2.46.